The number of nitrogens with zero attached hydrogens (tertiary/aromatic N) is 2. The van der Waals surface area contributed by atoms with Crippen molar-refractivity contribution in [2.45, 2.75) is 33.6 Å². The molecule has 0 radical (unpaired) electrons. The SMILES string of the molecule is CCc1cccnc1-c1nc(CC)c(C)c(=O)[nH]1. The van der Waals surface area contributed by atoms with Crippen LogP contribution in [0, 0.1) is 6.92 Å². The van der Waals surface area contributed by atoms with Crippen LogP contribution in [0.4, 0.5) is 0 Å². The van der Waals surface area contributed by atoms with Crippen LogP contribution in [0.5, 0.6) is 0 Å². The van der Waals surface area contributed by atoms with E-state index in [1.807, 2.05) is 19.1 Å². The molecule has 18 heavy (non-hydrogen) atoms. The van der Waals surface area contributed by atoms with Crippen LogP contribution in [-0.2, 0) is 12.8 Å². The van der Waals surface area contributed by atoms with Crippen molar-refractivity contribution in [1.29, 1.82) is 0 Å². The van der Waals surface area contributed by atoms with Gasteiger partial charge >= 0.3 is 0 Å². The zero-order valence-electron chi connectivity index (χ0n) is 10.9. The summed E-state index contributed by atoms with van der Waals surface area (Å²) in [5, 5.41) is 0. The summed E-state index contributed by atoms with van der Waals surface area (Å²) in [5.41, 5.74) is 3.31. The zero-order valence-corrected chi connectivity index (χ0v) is 10.9. The van der Waals surface area contributed by atoms with Gasteiger partial charge in [-0.25, -0.2) is 4.98 Å². The molecule has 0 amide bonds. The molecule has 0 saturated carbocycles. The van der Waals surface area contributed by atoms with Gasteiger partial charge in [0, 0.05) is 11.8 Å². The Kier molecular flexibility index (Phi) is 3.55. The van der Waals surface area contributed by atoms with Crippen molar-refractivity contribution >= 4 is 0 Å². The Bertz CT molecular complexity index is 617. The molecule has 4 heteroatoms. The molecule has 2 aromatic rings. The normalized spacial score (nSPS) is 10.6. The van der Waals surface area contributed by atoms with Crippen molar-refractivity contribution in [3.8, 4) is 11.5 Å². The smallest absolute Gasteiger partial charge is 0.254 e. The Hall–Kier alpha value is -1.97. The Balaban J connectivity index is 2.64. The highest BCUT2D eigenvalue weighted by atomic mass is 16.1. The molecule has 0 saturated heterocycles. The van der Waals surface area contributed by atoms with Crippen LogP contribution in [0.15, 0.2) is 23.1 Å². The third-order valence-corrected chi connectivity index (χ3v) is 3.08. The maximum absolute atomic E-state index is 11.9. The van der Waals surface area contributed by atoms with Gasteiger partial charge in [-0.15, -0.1) is 0 Å². The third-order valence-electron chi connectivity index (χ3n) is 3.08. The number of aromatic amines is 1. The van der Waals surface area contributed by atoms with E-state index in [9.17, 15) is 4.79 Å². The van der Waals surface area contributed by atoms with Crippen molar-refractivity contribution in [3.63, 3.8) is 0 Å². The average molecular weight is 243 g/mol. The van der Waals surface area contributed by atoms with Gasteiger partial charge in [-0.1, -0.05) is 19.9 Å². The summed E-state index contributed by atoms with van der Waals surface area (Å²) >= 11 is 0. The Morgan fingerprint density at radius 3 is 2.72 bits per heavy atom. The Morgan fingerprint density at radius 2 is 2.06 bits per heavy atom. The third kappa shape index (κ3) is 2.18. The largest absolute Gasteiger partial charge is 0.305 e. The summed E-state index contributed by atoms with van der Waals surface area (Å²) in [7, 11) is 0. The highest BCUT2D eigenvalue weighted by Crippen LogP contribution is 2.17. The van der Waals surface area contributed by atoms with Gasteiger partial charge in [0.2, 0.25) is 0 Å². The van der Waals surface area contributed by atoms with E-state index in [1.165, 1.54) is 0 Å². The Labute approximate surface area is 106 Å². The Morgan fingerprint density at radius 1 is 1.28 bits per heavy atom. The molecule has 0 aromatic carbocycles. The molecule has 0 fully saturated rings. The molecule has 94 valence electrons. The highest BCUT2D eigenvalue weighted by Gasteiger charge is 2.11. The molecule has 0 atom stereocenters. The summed E-state index contributed by atoms with van der Waals surface area (Å²) in [6.07, 6.45) is 3.33. The second-order valence-electron chi connectivity index (χ2n) is 4.20. The first-order valence-corrected chi connectivity index (χ1v) is 6.21. The van der Waals surface area contributed by atoms with Gasteiger partial charge in [-0.3, -0.25) is 9.78 Å². The van der Waals surface area contributed by atoms with Gasteiger partial charge < -0.3 is 4.98 Å². The average Bonchev–Trinajstić information content (AvgIpc) is 2.41. The van der Waals surface area contributed by atoms with Gasteiger partial charge in [-0.2, -0.15) is 0 Å². The molecule has 0 unspecified atom stereocenters. The predicted molar refractivity (Wildman–Crippen MR) is 71.6 cm³/mol. The van der Waals surface area contributed by atoms with Gasteiger partial charge in [0.25, 0.3) is 5.56 Å². The van der Waals surface area contributed by atoms with E-state index in [-0.39, 0.29) is 5.56 Å². The maximum atomic E-state index is 11.9. The minimum Gasteiger partial charge on any atom is -0.305 e. The first-order chi connectivity index (χ1) is 8.67. The minimum absolute atomic E-state index is 0.0791. The molecule has 4 nitrogen and oxygen atoms in total. The van der Waals surface area contributed by atoms with E-state index in [0.717, 1.165) is 29.8 Å². The van der Waals surface area contributed by atoms with Crippen LogP contribution in [0.3, 0.4) is 0 Å². The second kappa shape index (κ2) is 5.12. The maximum Gasteiger partial charge on any atom is 0.254 e. The topological polar surface area (TPSA) is 58.6 Å². The summed E-state index contributed by atoms with van der Waals surface area (Å²) in [4.78, 5) is 23.5. The van der Waals surface area contributed by atoms with E-state index >= 15 is 0 Å². The van der Waals surface area contributed by atoms with E-state index in [1.54, 1.807) is 13.1 Å². The van der Waals surface area contributed by atoms with Crippen LogP contribution < -0.4 is 5.56 Å². The number of hydrogen-bond donors (Lipinski definition) is 1. The van der Waals surface area contributed by atoms with Crippen molar-refractivity contribution < 1.29 is 0 Å². The van der Waals surface area contributed by atoms with Gasteiger partial charge in [0.15, 0.2) is 5.82 Å². The van der Waals surface area contributed by atoms with Crippen molar-refractivity contribution in [2.24, 2.45) is 0 Å². The fourth-order valence-corrected chi connectivity index (χ4v) is 1.97. The van der Waals surface area contributed by atoms with Crippen LogP contribution in [0.2, 0.25) is 0 Å². The number of aryl methyl sites for hydroxylation is 2. The number of nitrogens with one attached hydrogen (secondary N) is 1. The number of aromatic nitrogens is 3. The molecule has 0 spiro atoms. The van der Waals surface area contributed by atoms with Crippen molar-refractivity contribution in [1.82, 2.24) is 15.0 Å². The van der Waals surface area contributed by atoms with Crippen LogP contribution in [0.1, 0.15) is 30.7 Å². The minimum atomic E-state index is -0.0791. The zero-order chi connectivity index (χ0) is 13.1. The van der Waals surface area contributed by atoms with E-state index in [2.05, 4.69) is 21.9 Å². The molecule has 0 aliphatic heterocycles. The van der Waals surface area contributed by atoms with E-state index < -0.39 is 0 Å². The van der Waals surface area contributed by atoms with Crippen molar-refractivity contribution in [3.05, 3.63) is 45.5 Å². The van der Waals surface area contributed by atoms with E-state index in [0.29, 0.717) is 11.4 Å². The number of pyridine rings is 1. The highest BCUT2D eigenvalue weighted by molar-refractivity contribution is 5.54. The lowest BCUT2D eigenvalue weighted by molar-refractivity contribution is 0.943. The van der Waals surface area contributed by atoms with Crippen molar-refractivity contribution in [2.75, 3.05) is 0 Å². The molecule has 2 rings (SSSR count). The molecular formula is C14H17N3O. The quantitative estimate of drug-likeness (QED) is 0.899. The monoisotopic (exact) mass is 243 g/mol. The summed E-state index contributed by atoms with van der Waals surface area (Å²) in [6.45, 7) is 5.86. The predicted octanol–water partition coefficient (Wildman–Crippen LogP) is 2.27. The van der Waals surface area contributed by atoms with Gasteiger partial charge in [-0.05, 0) is 31.4 Å². The molecule has 0 bridgehead atoms. The molecule has 2 aromatic heterocycles. The number of H-pyrrole nitrogens is 1. The van der Waals surface area contributed by atoms with Crippen LogP contribution >= 0.6 is 0 Å². The first-order valence-electron chi connectivity index (χ1n) is 6.21. The lowest BCUT2D eigenvalue weighted by atomic mass is 10.1. The fourth-order valence-electron chi connectivity index (χ4n) is 1.97. The second-order valence-corrected chi connectivity index (χ2v) is 4.20. The molecular weight excluding hydrogens is 226 g/mol. The fraction of sp³-hybridized carbons (Fsp3) is 0.357. The van der Waals surface area contributed by atoms with Gasteiger partial charge in [0.05, 0.1) is 5.69 Å². The summed E-state index contributed by atoms with van der Waals surface area (Å²) in [5.74, 6) is 0.569. The van der Waals surface area contributed by atoms with Gasteiger partial charge in [0.1, 0.15) is 5.69 Å². The lowest BCUT2D eigenvalue weighted by Crippen LogP contribution is -2.16. The summed E-state index contributed by atoms with van der Waals surface area (Å²) < 4.78 is 0. The van der Waals surface area contributed by atoms with Crippen LogP contribution in [-0.4, -0.2) is 15.0 Å². The molecule has 1 N–H and O–H groups in total. The molecule has 0 aliphatic rings. The van der Waals surface area contributed by atoms with E-state index in [4.69, 9.17) is 0 Å². The first kappa shape index (κ1) is 12.5. The molecule has 2 heterocycles. The number of rotatable bonds is 3. The standard InChI is InChI=1S/C14H17N3O/c1-4-10-7-6-8-15-12(10)13-16-11(5-2)9(3)14(18)17-13/h6-8H,4-5H2,1-3H3,(H,16,17,18). The number of hydrogen-bond acceptors (Lipinski definition) is 3. The van der Waals surface area contributed by atoms with Crippen LogP contribution in [0.25, 0.3) is 11.5 Å². The lowest BCUT2D eigenvalue weighted by Gasteiger charge is -2.08. The summed E-state index contributed by atoms with van der Waals surface area (Å²) in [6, 6.07) is 3.91. The molecule has 0 aliphatic carbocycles.